The number of carbonyl (C=O) groups excluding carboxylic acids is 1. The quantitative estimate of drug-likeness (QED) is 0.833. The molecule has 1 amide bonds. The molecule has 0 aliphatic carbocycles. The molecule has 1 heterocycles. The van der Waals surface area contributed by atoms with Crippen molar-refractivity contribution in [2.75, 3.05) is 13.3 Å². The average molecular weight is 297 g/mol. The number of unbranched alkanes of at least 4 members (excludes halogenated alkanes) is 1. The zero-order valence-electron chi connectivity index (χ0n) is 12.4. The Kier molecular flexibility index (Phi) is 4.59. The number of carbonyl (C=O) groups is 1. The van der Waals surface area contributed by atoms with Gasteiger partial charge in [0.05, 0.1) is 0 Å². The van der Waals surface area contributed by atoms with Gasteiger partial charge in [0, 0.05) is 12.1 Å². The number of fused-ring (bicyclic) bond motifs is 1. The first kappa shape index (κ1) is 14.4. The molecule has 4 heteroatoms. The van der Waals surface area contributed by atoms with Crippen LogP contribution < -0.4 is 14.8 Å². The van der Waals surface area contributed by atoms with Crippen molar-refractivity contribution in [2.45, 2.75) is 19.3 Å². The molecule has 22 heavy (non-hydrogen) atoms. The zero-order chi connectivity index (χ0) is 15.2. The number of amides is 1. The Balaban J connectivity index is 1.41. The summed E-state index contributed by atoms with van der Waals surface area (Å²) in [5.41, 5.74) is 1.94. The molecule has 114 valence electrons. The molecule has 3 rings (SSSR count). The SMILES string of the molecule is O=C(NCCCCc1ccccc1)c1ccc2c(c1)OCO2. The van der Waals surface area contributed by atoms with Gasteiger partial charge in [0.1, 0.15) is 0 Å². The van der Waals surface area contributed by atoms with Crippen molar-refractivity contribution in [3.8, 4) is 11.5 Å². The highest BCUT2D eigenvalue weighted by molar-refractivity contribution is 5.94. The van der Waals surface area contributed by atoms with Crippen LogP contribution in [0.15, 0.2) is 48.5 Å². The Hall–Kier alpha value is -2.49. The van der Waals surface area contributed by atoms with Crippen LogP contribution in [-0.4, -0.2) is 19.2 Å². The van der Waals surface area contributed by atoms with E-state index < -0.39 is 0 Å². The van der Waals surface area contributed by atoms with E-state index in [9.17, 15) is 4.79 Å². The van der Waals surface area contributed by atoms with Gasteiger partial charge in [-0.3, -0.25) is 4.79 Å². The van der Waals surface area contributed by atoms with E-state index in [4.69, 9.17) is 9.47 Å². The summed E-state index contributed by atoms with van der Waals surface area (Å²) in [5, 5.41) is 2.94. The molecule has 0 aromatic heterocycles. The van der Waals surface area contributed by atoms with Gasteiger partial charge in [0.15, 0.2) is 11.5 Å². The molecule has 0 atom stereocenters. The van der Waals surface area contributed by atoms with E-state index >= 15 is 0 Å². The predicted octanol–water partition coefficient (Wildman–Crippen LogP) is 3.17. The fraction of sp³-hybridized carbons (Fsp3) is 0.278. The second kappa shape index (κ2) is 6.98. The molecule has 4 nitrogen and oxygen atoms in total. The third-order valence-corrected chi connectivity index (χ3v) is 3.66. The first-order chi connectivity index (χ1) is 10.8. The number of hydrogen-bond acceptors (Lipinski definition) is 3. The Morgan fingerprint density at radius 3 is 2.68 bits per heavy atom. The maximum Gasteiger partial charge on any atom is 0.251 e. The Labute approximate surface area is 130 Å². The van der Waals surface area contributed by atoms with Gasteiger partial charge in [-0.1, -0.05) is 30.3 Å². The van der Waals surface area contributed by atoms with Crippen LogP contribution >= 0.6 is 0 Å². The summed E-state index contributed by atoms with van der Waals surface area (Å²) >= 11 is 0. The molecule has 1 aliphatic rings. The molecule has 0 spiro atoms. The van der Waals surface area contributed by atoms with Gasteiger partial charge >= 0.3 is 0 Å². The summed E-state index contributed by atoms with van der Waals surface area (Å²) in [6.45, 7) is 0.903. The van der Waals surface area contributed by atoms with Crippen molar-refractivity contribution < 1.29 is 14.3 Å². The van der Waals surface area contributed by atoms with Crippen molar-refractivity contribution in [1.29, 1.82) is 0 Å². The first-order valence-corrected chi connectivity index (χ1v) is 7.55. The minimum absolute atomic E-state index is 0.0713. The molecule has 1 N–H and O–H groups in total. The van der Waals surface area contributed by atoms with E-state index in [1.807, 2.05) is 6.07 Å². The van der Waals surface area contributed by atoms with E-state index in [1.165, 1.54) is 5.56 Å². The molecule has 0 radical (unpaired) electrons. The van der Waals surface area contributed by atoms with E-state index in [0.29, 0.717) is 23.6 Å². The standard InChI is InChI=1S/C18H19NO3/c20-18(15-9-10-16-17(12-15)22-13-21-16)19-11-5-4-8-14-6-2-1-3-7-14/h1-3,6-7,9-10,12H,4-5,8,11,13H2,(H,19,20). The third kappa shape index (κ3) is 3.58. The number of hydrogen-bond donors (Lipinski definition) is 1. The molecule has 0 saturated heterocycles. The summed E-state index contributed by atoms with van der Waals surface area (Å²) in [6.07, 6.45) is 3.07. The molecular formula is C18H19NO3. The van der Waals surface area contributed by atoms with Crippen molar-refractivity contribution in [3.05, 3.63) is 59.7 Å². The second-order valence-corrected chi connectivity index (χ2v) is 5.27. The second-order valence-electron chi connectivity index (χ2n) is 5.27. The largest absolute Gasteiger partial charge is 0.454 e. The van der Waals surface area contributed by atoms with Crippen LogP contribution in [0.1, 0.15) is 28.8 Å². The minimum Gasteiger partial charge on any atom is -0.454 e. The van der Waals surface area contributed by atoms with Gasteiger partial charge in [0.2, 0.25) is 6.79 Å². The number of ether oxygens (including phenoxy) is 2. The van der Waals surface area contributed by atoms with E-state index in [2.05, 4.69) is 29.6 Å². The molecule has 0 unspecified atom stereocenters. The molecule has 2 aromatic rings. The molecular weight excluding hydrogens is 278 g/mol. The topological polar surface area (TPSA) is 47.6 Å². The lowest BCUT2D eigenvalue weighted by atomic mass is 10.1. The summed E-state index contributed by atoms with van der Waals surface area (Å²) < 4.78 is 10.5. The minimum atomic E-state index is -0.0713. The molecule has 0 saturated carbocycles. The zero-order valence-corrected chi connectivity index (χ0v) is 12.4. The fourth-order valence-electron chi connectivity index (χ4n) is 2.44. The highest BCUT2D eigenvalue weighted by Crippen LogP contribution is 2.32. The summed E-state index contributed by atoms with van der Waals surface area (Å²) in [6, 6.07) is 15.6. The fourth-order valence-corrected chi connectivity index (χ4v) is 2.44. The molecule has 0 fully saturated rings. The first-order valence-electron chi connectivity index (χ1n) is 7.55. The normalized spacial score (nSPS) is 12.2. The van der Waals surface area contributed by atoms with Gasteiger partial charge in [-0.25, -0.2) is 0 Å². The number of benzene rings is 2. The average Bonchev–Trinajstić information content (AvgIpc) is 3.03. The van der Waals surface area contributed by atoms with Gasteiger partial charge in [-0.05, 0) is 43.0 Å². The maximum absolute atomic E-state index is 12.1. The van der Waals surface area contributed by atoms with Crippen molar-refractivity contribution in [2.24, 2.45) is 0 Å². The monoisotopic (exact) mass is 297 g/mol. The number of rotatable bonds is 6. The lowest BCUT2D eigenvalue weighted by Crippen LogP contribution is -2.24. The molecule has 1 aliphatic heterocycles. The predicted molar refractivity (Wildman–Crippen MR) is 84.3 cm³/mol. The summed E-state index contributed by atoms with van der Waals surface area (Å²) in [4.78, 5) is 12.1. The van der Waals surface area contributed by atoms with E-state index in [0.717, 1.165) is 19.3 Å². The van der Waals surface area contributed by atoms with Crippen molar-refractivity contribution in [3.63, 3.8) is 0 Å². The van der Waals surface area contributed by atoms with Gasteiger partial charge in [-0.2, -0.15) is 0 Å². The van der Waals surface area contributed by atoms with Crippen molar-refractivity contribution >= 4 is 5.91 Å². The van der Waals surface area contributed by atoms with E-state index in [1.54, 1.807) is 18.2 Å². The van der Waals surface area contributed by atoms with Crippen LogP contribution in [0.25, 0.3) is 0 Å². The molecule has 0 bridgehead atoms. The Morgan fingerprint density at radius 2 is 1.82 bits per heavy atom. The maximum atomic E-state index is 12.1. The van der Waals surface area contributed by atoms with E-state index in [-0.39, 0.29) is 12.7 Å². The van der Waals surface area contributed by atoms with Crippen LogP contribution in [0, 0.1) is 0 Å². The highest BCUT2D eigenvalue weighted by Gasteiger charge is 2.15. The number of nitrogens with one attached hydrogen (secondary N) is 1. The van der Waals surface area contributed by atoms with Crippen LogP contribution in [0.5, 0.6) is 11.5 Å². The highest BCUT2D eigenvalue weighted by atomic mass is 16.7. The van der Waals surface area contributed by atoms with Crippen LogP contribution in [0.4, 0.5) is 0 Å². The third-order valence-electron chi connectivity index (χ3n) is 3.66. The summed E-state index contributed by atoms with van der Waals surface area (Å²) in [7, 11) is 0. The number of aryl methyl sites for hydroxylation is 1. The van der Waals surface area contributed by atoms with Gasteiger partial charge in [0.25, 0.3) is 5.91 Å². The lowest BCUT2D eigenvalue weighted by molar-refractivity contribution is 0.0952. The Morgan fingerprint density at radius 1 is 1.00 bits per heavy atom. The summed E-state index contributed by atoms with van der Waals surface area (Å²) in [5.74, 6) is 1.26. The van der Waals surface area contributed by atoms with Crippen molar-refractivity contribution in [1.82, 2.24) is 5.32 Å². The van der Waals surface area contributed by atoms with Gasteiger partial charge in [-0.15, -0.1) is 0 Å². The lowest BCUT2D eigenvalue weighted by Gasteiger charge is -2.06. The van der Waals surface area contributed by atoms with Crippen LogP contribution in [-0.2, 0) is 6.42 Å². The van der Waals surface area contributed by atoms with Crippen LogP contribution in [0.3, 0.4) is 0 Å². The smallest absolute Gasteiger partial charge is 0.251 e. The van der Waals surface area contributed by atoms with Crippen LogP contribution in [0.2, 0.25) is 0 Å². The van der Waals surface area contributed by atoms with Gasteiger partial charge < -0.3 is 14.8 Å². The molecule has 2 aromatic carbocycles. The Bertz CT molecular complexity index is 640.